The maximum absolute atomic E-state index is 13.2. The van der Waals surface area contributed by atoms with Gasteiger partial charge < -0.3 is 4.42 Å². The Bertz CT molecular complexity index is 1880. The lowest BCUT2D eigenvalue weighted by molar-refractivity contribution is 0.103. The predicted molar refractivity (Wildman–Crippen MR) is 140 cm³/mol. The van der Waals surface area contributed by atoms with E-state index >= 15 is 0 Å². The van der Waals surface area contributed by atoms with Crippen molar-refractivity contribution in [2.45, 2.75) is 13.5 Å². The van der Waals surface area contributed by atoms with Crippen LogP contribution in [0, 0.1) is 6.92 Å². The van der Waals surface area contributed by atoms with Gasteiger partial charge in [-0.2, -0.15) is 0 Å². The number of oxazole rings is 1. The van der Waals surface area contributed by atoms with Gasteiger partial charge in [0.05, 0.1) is 34.3 Å². The first kappa shape index (κ1) is 22.1. The second kappa shape index (κ2) is 8.70. The first-order valence-electron chi connectivity index (χ1n) is 10.9. The Morgan fingerprint density at radius 2 is 2.00 bits per heavy atom. The van der Waals surface area contributed by atoms with E-state index in [4.69, 9.17) is 4.42 Å². The molecule has 0 spiro atoms. The molecule has 0 fully saturated rings. The summed E-state index contributed by atoms with van der Waals surface area (Å²) < 4.78 is 6.67. The summed E-state index contributed by atoms with van der Waals surface area (Å²) in [6, 6.07) is 14.9. The molecule has 2 aromatic carbocycles. The van der Waals surface area contributed by atoms with E-state index in [1.807, 2.05) is 41.8 Å². The zero-order valence-corrected chi connectivity index (χ0v) is 20.4. The van der Waals surface area contributed by atoms with Gasteiger partial charge in [-0.1, -0.05) is 36.4 Å². The van der Waals surface area contributed by atoms with Crippen LogP contribution in [0.3, 0.4) is 0 Å². The minimum Gasteiger partial charge on any atom is -0.408 e. The van der Waals surface area contributed by atoms with Crippen molar-refractivity contribution in [2.75, 3.05) is 5.32 Å². The number of hydrogen-bond donors (Lipinski definition) is 2. The maximum atomic E-state index is 13.2. The third kappa shape index (κ3) is 3.93. The summed E-state index contributed by atoms with van der Waals surface area (Å²) in [6.07, 6.45) is 1.52. The lowest BCUT2D eigenvalue weighted by Gasteiger charge is -2.05. The van der Waals surface area contributed by atoms with Crippen LogP contribution in [0.5, 0.6) is 0 Å². The average molecular weight is 516 g/mol. The van der Waals surface area contributed by atoms with Crippen LogP contribution in [0.25, 0.3) is 32.6 Å². The highest BCUT2D eigenvalue weighted by Gasteiger charge is 2.21. The van der Waals surface area contributed by atoms with Crippen LogP contribution in [0.4, 0.5) is 5.13 Å². The minimum atomic E-state index is -0.520. The molecule has 4 heterocycles. The number of hydrogen-bond acceptors (Lipinski definition) is 8. The highest BCUT2D eigenvalue weighted by molar-refractivity contribution is 7.21. The van der Waals surface area contributed by atoms with Gasteiger partial charge in [0.1, 0.15) is 4.83 Å². The van der Waals surface area contributed by atoms with Gasteiger partial charge in [0.2, 0.25) is 0 Å². The summed E-state index contributed by atoms with van der Waals surface area (Å²) >= 11 is 2.46. The van der Waals surface area contributed by atoms with Gasteiger partial charge in [-0.25, -0.2) is 14.8 Å². The number of H-pyrrole nitrogens is 1. The lowest BCUT2D eigenvalue weighted by Crippen LogP contribution is -2.21. The lowest BCUT2D eigenvalue weighted by atomic mass is 10.1. The zero-order chi connectivity index (χ0) is 24.8. The molecule has 0 radical (unpaired) electrons. The smallest absolute Gasteiger partial charge is 0.408 e. The number of aryl methyl sites for hydroxylation is 1. The van der Waals surface area contributed by atoms with Crippen LogP contribution in [-0.2, 0) is 6.54 Å². The summed E-state index contributed by atoms with van der Waals surface area (Å²) in [6.45, 7) is 2.16. The number of nitrogens with one attached hydrogen (secondary N) is 2. The Kier molecular flexibility index (Phi) is 5.35. The van der Waals surface area contributed by atoms with Crippen LogP contribution >= 0.6 is 22.7 Å². The van der Waals surface area contributed by atoms with Crippen molar-refractivity contribution in [3.63, 3.8) is 0 Å². The molecule has 36 heavy (non-hydrogen) atoms. The summed E-state index contributed by atoms with van der Waals surface area (Å²) in [5, 5.41) is 5.50. The number of anilines is 1. The van der Waals surface area contributed by atoms with Gasteiger partial charge >= 0.3 is 5.76 Å². The molecule has 0 saturated heterocycles. The molecular formula is C25H17N5O4S2. The molecule has 0 unspecified atom stereocenters. The molecule has 0 atom stereocenters. The van der Waals surface area contributed by atoms with E-state index in [1.54, 1.807) is 23.6 Å². The zero-order valence-electron chi connectivity index (χ0n) is 18.8. The number of fused-ring (bicyclic) bond motifs is 2. The van der Waals surface area contributed by atoms with Crippen molar-refractivity contribution in [3.8, 4) is 11.3 Å². The summed E-state index contributed by atoms with van der Waals surface area (Å²) in [4.78, 5) is 50.1. The number of aromatic nitrogens is 4. The quantitative estimate of drug-likeness (QED) is 0.345. The normalized spacial score (nSPS) is 11.4. The van der Waals surface area contributed by atoms with Crippen LogP contribution < -0.4 is 16.6 Å². The molecule has 0 aliphatic carbocycles. The highest BCUT2D eigenvalue weighted by Crippen LogP contribution is 2.30. The molecule has 1 amide bonds. The standard InChI is InChI=1S/C25H17N5O4S2/c1-13-19-22(26-12-30(23(19)32)10-14-5-3-2-4-6-14)36-20(13)21(31)29-24-27-17(11-35-24)15-7-8-16-18(9-15)34-25(33)28-16/h2-9,11-12H,10H2,1H3,(H,28,33)(H,27,29,31). The SMILES string of the molecule is Cc1c(C(=O)Nc2nc(-c3ccc4[nH]c(=O)oc4c3)cs2)sc2ncn(Cc3ccccc3)c(=O)c12. The van der Waals surface area contributed by atoms with Crippen LogP contribution in [0.1, 0.15) is 20.8 Å². The van der Waals surface area contributed by atoms with Crippen LogP contribution in [0.15, 0.2) is 74.2 Å². The van der Waals surface area contributed by atoms with E-state index in [-0.39, 0.29) is 11.5 Å². The van der Waals surface area contributed by atoms with Crippen molar-refractivity contribution >= 4 is 55.0 Å². The average Bonchev–Trinajstić information content (AvgIpc) is 3.57. The number of carbonyl (C=O) groups is 1. The number of carbonyl (C=O) groups excluding carboxylic acids is 1. The van der Waals surface area contributed by atoms with Crippen molar-refractivity contribution in [2.24, 2.45) is 0 Å². The third-order valence-corrected chi connectivity index (χ3v) is 7.72. The second-order valence-corrected chi connectivity index (χ2v) is 9.97. The molecule has 11 heteroatoms. The fourth-order valence-corrected chi connectivity index (χ4v) is 5.74. The molecule has 0 bridgehead atoms. The Hall–Kier alpha value is -4.35. The molecule has 0 aliphatic heterocycles. The van der Waals surface area contributed by atoms with Gasteiger partial charge in [-0.15, -0.1) is 22.7 Å². The van der Waals surface area contributed by atoms with Gasteiger partial charge in [0.15, 0.2) is 10.7 Å². The summed E-state index contributed by atoms with van der Waals surface area (Å²) in [5.74, 6) is -0.870. The monoisotopic (exact) mass is 515 g/mol. The largest absolute Gasteiger partial charge is 0.417 e. The molecule has 0 aliphatic rings. The minimum absolute atomic E-state index is 0.181. The molecule has 6 aromatic rings. The van der Waals surface area contributed by atoms with Gasteiger partial charge in [0, 0.05) is 10.9 Å². The number of benzene rings is 2. The molecule has 178 valence electrons. The Morgan fingerprint density at radius 1 is 1.17 bits per heavy atom. The van der Waals surface area contributed by atoms with E-state index in [9.17, 15) is 14.4 Å². The molecule has 2 N–H and O–H groups in total. The highest BCUT2D eigenvalue weighted by atomic mass is 32.1. The van der Waals surface area contributed by atoms with E-state index in [0.29, 0.717) is 49.1 Å². The van der Waals surface area contributed by atoms with Crippen molar-refractivity contribution < 1.29 is 9.21 Å². The number of nitrogens with zero attached hydrogens (tertiary/aromatic N) is 3. The number of rotatable bonds is 5. The van der Waals surface area contributed by atoms with Crippen molar-refractivity contribution in [3.05, 3.63) is 97.1 Å². The van der Waals surface area contributed by atoms with E-state index < -0.39 is 5.76 Å². The van der Waals surface area contributed by atoms with Gasteiger partial charge in [-0.3, -0.25) is 24.5 Å². The first-order chi connectivity index (χ1) is 17.5. The molecule has 6 rings (SSSR count). The van der Waals surface area contributed by atoms with E-state index in [1.165, 1.54) is 29.0 Å². The van der Waals surface area contributed by atoms with E-state index in [2.05, 4.69) is 20.3 Å². The van der Waals surface area contributed by atoms with Crippen molar-refractivity contribution in [1.29, 1.82) is 0 Å². The maximum Gasteiger partial charge on any atom is 0.417 e. The summed E-state index contributed by atoms with van der Waals surface area (Å²) in [5.41, 5.74) is 3.83. The Labute approximate surface area is 210 Å². The Morgan fingerprint density at radius 3 is 2.83 bits per heavy atom. The molecule has 9 nitrogen and oxygen atoms in total. The number of thiazole rings is 1. The number of thiophene rings is 1. The topological polar surface area (TPSA) is 123 Å². The molecule has 0 saturated carbocycles. The fraction of sp³-hybridized carbons (Fsp3) is 0.0800. The fourth-order valence-electron chi connectivity index (χ4n) is 3.99. The number of aromatic amines is 1. The van der Waals surface area contributed by atoms with Crippen LogP contribution in [0.2, 0.25) is 0 Å². The molecular weight excluding hydrogens is 498 g/mol. The van der Waals surface area contributed by atoms with Gasteiger partial charge in [0.25, 0.3) is 11.5 Å². The summed E-state index contributed by atoms with van der Waals surface area (Å²) in [7, 11) is 0. The molecule has 4 aromatic heterocycles. The first-order valence-corrected chi connectivity index (χ1v) is 12.6. The van der Waals surface area contributed by atoms with Crippen molar-refractivity contribution in [1.82, 2.24) is 19.5 Å². The second-order valence-electron chi connectivity index (χ2n) is 8.12. The predicted octanol–water partition coefficient (Wildman–Crippen LogP) is 4.63. The van der Waals surface area contributed by atoms with Gasteiger partial charge in [-0.05, 0) is 30.2 Å². The Balaban J connectivity index is 1.27. The third-order valence-electron chi connectivity index (χ3n) is 5.76. The number of amides is 1. The van der Waals surface area contributed by atoms with Crippen LogP contribution in [-0.4, -0.2) is 25.4 Å². The van der Waals surface area contributed by atoms with E-state index in [0.717, 1.165) is 11.1 Å².